The molecule has 1 aliphatic carbocycles. The molecule has 0 spiro atoms. The minimum atomic E-state index is 0.317. The minimum absolute atomic E-state index is 0.317. The molecule has 4 heteroatoms. The number of hydrogen-bond acceptors (Lipinski definition) is 3. The zero-order chi connectivity index (χ0) is 8.39. The monoisotopic (exact) mass is 186 g/mol. The van der Waals surface area contributed by atoms with Crippen LogP contribution in [0.4, 0.5) is 0 Å². The molecule has 0 aliphatic heterocycles. The predicted octanol–water partition coefficient (Wildman–Crippen LogP) is 2.15. The maximum absolute atomic E-state index is 5.53. The first kappa shape index (κ1) is 8.05. The summed E-state index contributed by atoms with van der Waals surface area (Å²) in [5.74, 6) is 2.37. The van der Waals surface area contributed by atoms with Crippen LogP contribution in [0.5, 0.6) is 0 Å². The summed E-state index contributed by atoms with van der Waals surface area (Å²) in [7, 11) is 0. The topological polar surface area (TPSA) is 38.9 Å². The third-order valence-electron chi connectivity index (χ3n) is 2.31. The Bertz CT molecular complexity index is 257. The molecule has 0 amide bonds. The van der Waals surface area contributed by atoms with Crippen molar-refractivity contribution in [2.75, 3.05) is 0 Å². The van der Waals surface area contributed by atoms with Crippen LogP contribution in [0.3, 0.4) is 0 Å². The molecular weight excluding hydrogens is 176 g/mol. The molecule has 1 aromatic rings. The van der Waals surface area contributed by atoms with Crippen molar-refractivity contribution < 1.29 is 4.42 Å². The first-order valence-electron chi connectivity index (χ1n) is 4.25. The minimum Gasteiger partial charge on any atom is -0.424 e. The van der Waals surface area contributed by atoms with Gasteiger partial charge in [-0.2, -0.15) is 0 Å². The van der Waals surface area contributed by atoms with Crippen LogP contribution in [0.2, 0.25) is 0 Å². The summed E-state index contributed by atoms with van der Waals surface area (Å²) in [6, 6.07) is 0. The molecule has 1 aliphatic rings. The molecule has 0 saturated heterocycles. The summed E-state index contributed by atoms with van der Waals surface area (Å²) in [5.41, 5.74) is 0. The molecular formula is C8H11ClN2O. The largest absolute Gasteiger partial charge is 0.424 e. The first-order chi connectivity index (χ1) is 5.88. The molecule has 0 N–H and O–H groups in total. The SMILES string of the molecule is ClCc1nnc(CC2CCC2)o1. The summed E-state index contributed by atoms with van der Waals surface area (Å²) in [5, 5.41) is 7.71. The van der Waals surface area contributed by atoms with Crippen LogP contribution in [0.25, 0.3) is 0 Å². The number of aromatic nitrogens is 2. The van der Waals surface area contributed by atoms with Crippen molar-refractivity contribution >= 4 is 11.6 Å². The molecule has 3 nitrogen and oxygen atoms in total. The van der Waals surface area contributed by atoms with Crippen molar-refractivity contribution in [1.82, 2.24) is 10.2 Å². The number of nitrogens with zero attached hydrogens (tertiary/aromatic N) is 2. The highest BCUT2D eigenvalue weighted by molar-refractivity contribution is 6.16. The molecule has 1 heterocycles. The van der Waals surface area contributed by atoms with Crippen LogP contribution in [-0.2, 0) is 12.3 Å². The predicted molar refractivity (Wildman–Crippen MR) is 44.9 cm³/mol. The van der Waals surface area contributed by atoms with Crippen molar-refractivity contribution in [2.24, 2.45) is 5.92 Å². The summed E-state index contributed by atoms with van der Waals surface area (Å²) in [6.07, 6.45) is 4.89. The second-order valence-corrected chi connectivity index (χ2v) is 3.49. The number of halogens is 1. The average molecular weight is 187 g/mol. The highest BCUT2D eigenvalue weighted by atomic mass is 35.5. The molecule has 2 rings (SSSR count). The summed E-state index contributed by atoms with van der Waals surface area (Å²) < 4.78 is 5.28. The second-order valence-electron chi connectivity index (χ2n) is 3.22. The molecule has 0 bridgehead atoms. The van der Waals surface area contributed by atoms with Gasteiger partial charge in [-0.3, -0.25) is 0 Å². The Morgan fingerprint density at radius 1 is 1.33 bits per heavy atom. The van der Waals surface area contributed by atoms with Crippen molar-refractivity contribution in [3.63, 3.8) is 0 Å². The smallest absolute Gasteiger partial charge is 0.231 e. The van der Waals surface area contributed by atoms with Gasteiger partial charge in [-0.1, -0.05) is 6.42 Å². The lowest BCUT2D eigenvalue weighted by molar-refractivity contribution is 0.288. The van der Waals surface area contributed by atoms with Crippen molar-refractivity contribution in [1.29, 1.82) is 0 Å². The van der Waals surface area contributed by atoms with Crippen molar-refractivity contribution in [3.05, 3.63) is 11.8 Å². The van der Waals surface area contributed by atoms with E-state index in [-0.39, 0.29) is 0 Å². The standard InChI is InChI=1S/C8H11ClN2O/c9-5-8-11-10-7(12-8)4-6-2-1-3-6/h6H,1-5H2. The fourth-order valence-corrected chi connectivity index (χ4v) is 1.48. The molecule has 66 valence electrons. The lowest BCUT2D eigenvalue weighted by Crippen LogP contribution is -2.13. The van der Waals surface area contributed by atoms with Crippen molar-refractivity contribution in [2.45, 2.75) is 31.6 Å². The average Bonchev–Trinajstić information content (AvgIpc) is 2.44. The Morgan fingerprint density at radius 2 is 2.08 bits per heavy atom. The van der Waals surface area contributed by atoms with Crippen LogP contribution >= 0.6 is 11.6 Å². The van der Waals surface area contributed by atoms with E-state index in [0.29, 0.717) is 11.8 Å². The van der Waals surface area contributed by atoms with E-state index in [1.165, 1.54) is 19.3 Å². The first-order valence-corrected chi connectivity index (χ1v) is 4.79. The van der Waals surface area contributed by atoms with Crippen LogP contribution in [0.15, 0.2) is 4.42 Å². The van der Waals surface area contributed by atoms with Gasteiger partial charge < -0.3 is 4.42 Å². The zero-order valence-electron chi connectivity index (χ0n) is 6.79. The fourth-order valence-electron chi connectivity index (χ4n) is 1.37. The quantitative estimate of drug-likeness (QED) is 0.679. The summed E-state index contributed by atoms with van der Waals surface area (Å²) in [4.78, 5) is 0. The van der Waals surface area contributed by atoms with E-state index in [0.717, 1.165) is 18.2 Å². The van der Waals surface area contributed by atoms with Gasteiger partial charge in [0.2, 0.25) is 11.8 Å². The maximum atomic E-state index is 5.53. The summed E-state index contributed by atoms with van der Waals surface area (Å²) >= 11 is 5.53. The van der Waals surface area contributed by atoms with Gasteiger partial charge in [0, 0.05) is 6.42 Å². The van der Waals surface area contributed by atoms with E-state index in [9.17, 15) is 0 Å². The Labute approximate surface area is 76.1 Å². The maximum Gasteiger partial charge on any atom is 0.231 e. The third kappa shape index (κ3) is 1.61. The highest BCUT2D eigenvalue weighted by Gasteiger charge is 2.20. The van der Waals surface area contributed by atoms with Gasteiger partial charge in [-0.25, -0.2) is 0 Å². The number of hydrogen-bond donors (Lipinski definition) is 0. The fraction of sp³-hybridized carbons (Fsp3) is 0.750. The van der Waals surface area contributed by atoms with Crippen LogP contribution in [0, 0.1) is 5.92 Å². The number of alkyl halides is 1. The van der Waals surface area contributed by atoms with Crippen LogP contribution in [-0.4, -0.2) is 10.2 Å². The van der Waals surface area contributed by atoms with Crippen LogP contribution in [0.1, 0.15) is 31.0 Å². The molecule has 0 atom stereocenters. The van der Waals surface area contributed by atoms with Gasteiger partial charge in [-0.15, -0.1) is 21.8 Å². The number of rotatable bonds is 3. The van der Waals surface area contributed by atoms with Crippen molar-refractivity contribution in [3.8, 4) is 0 Å². The molecule has 0 aromatic carbocycles. The Morgan fingerprint density at radius 3 is 2.58 bits per heavy atom. The Balaban J connectivity index is 1.93. The molecule has 0 radical (unpaired) electrons. The van der Waals surface area contributed by atoms with E-state index in [1.807, 2.05) is 0 Å². The van der Waals surface area contributed by atoms with E-state index in [1.54, 1.807) is 0 Å². The Hall–Kier alpha value is -0.570. The molecule has 0 unspecified atom stereocenters. The van der Waals surface area contributed by atoms with Crippen LogP contribution < -0.4 is 0 Å². The summed E-state index contributed by atoms with van der Waals surface area (Å²) in [6.45, 7) is 0. The van der Waals surface area contributed by atoms with Gasteiger partial charge in [0.1, 0.15) is 5.88 Å². The molecule has 1 aromatic heterocycles. The van der Waals surface area contributed by atoms with Gasteiger partial charge in [0.05, 0.1) is 0 Å². The molecule has 12 heavy (non-hydrogen) atoms. The second kappa shape index (κ2) is 3.44. The lowest BCUT2D eigenvalue weighted by Gasteiger charge is -2.23. The lowest BCUT2D eigenvalue weighted by atomic mass is 9.83. The third-order valence-corrected chi connectivity index (χ3v) is 2.54. The van der Waals surface area contributed by atoms with E-state index < -0.39 is 0 Å². The highest BCUT2D eigenvalue weighted by Crippen LogP contribution is 2.29. The van der Waals surface area contributed by atoms with E-state index in [4.69, 9.17) is 16.0 Å². The van der Waals surface area contributed by atoms with Gasteiger partial charge in [0.25, 0.3) is 0 Å². The van der Waals surface area contributed by atoms with Gasteiger partial charge in [-0.05, 0) is 18.8 Å². The zero-order valence-corrected chi connectivity index (χ0v) is 7.55. The molecule has 1 fully saturated rings. The van der Waals surface area contributed by atoms with E-state index in [2.05, 4.69) is 10.2 Å². The van der Waals surface area contributed by atoms with Gasteiger partial charge >= 0.3 is 0 Å². The Kier molecular flexibility index (Phi) is 2.30. The van der Waals surface area contributed by atoms with Gasteiger partial charge in [0.15, 0.2) is 0 Å². The van der Waals surface area contributed by atoms with E-state index >= 15 is 0 Å². The normalized spacial score (nSPS) is 17.8. The molecule has 1 saturated carbocycles.